The summed E-state index contributed by atoms with van der Waals surface area (Å²) < 4.78 is 39.3. The highest BCUT2D eigenvalue weighted by Gasteiger charge is 2.53. The van der Waals surface area contributed by atoms with Crippen LogP contribution in [0.1, 0.15) is 44.2 Å². The summed E-state index contributed by atoms with van der Waals surface area (Å²) >= 11 is 0. The van der Waals surface area contributed by atoms with E-state index in [-0.39, 0.29) is 17.5 Å². The summed E-state index contributed by atoms with van der Waals surface area (Å²) in [6.45, 7) is 0. The maximum atomic E-state index is 13.1. The van der Waals surface area contributed by atoms with Crippen LogP contribution in [0, 0.1) is 23.7 Å². The van der Waals surface area contributed by atoms with Crippen LogP contribution >= 0.6 is 0 Å². The minimum atomic E-state index is -4.53. The Morgan fingerprint density at radius 1 is 0.800 bits per heavy atom. The number of nitrogen functional groups attached to an aromatic ring is 1. The van der Waals surface area contributed by atoms with Gasteiger partial charge in [0.2, 0.25) is 11.9 Å². The highest BCUT2D eigenvalue weighted by molar-refractivity contribution is 5.54. The summed E-state index contributed by atoms with van der Waals surface area (Å²) in [7, 11) is 0. The number of hydrogen-bond acceptors (Lipinski definition) is 6. The molecule has 9 heteroatoms. The molecule has 4 atom stereocenters. The van der Waals surface area contributed by atoms with Gasteiger partial charge in [-0.25, -0.2) is 4.98 Å². The van der Waals surface area contributed by atoms with Crippen LogP contribution in [-0.2, 0) is 6.18 Å². The molecule has 0 bridgehead atoms. The molecule has 4 saturated carbocycles. The minimum Gasteiger partial charge on any atom is -0.368 e. The molecule has 4 aliphatic carbocycles. The molecule has 0 saturated heterocycles. The van der Waals surface area contributed by atoms with E-state index in [1.165, 1.54) is 25.0 Å². The summed E-state index contributed by atoms with van der Waals surface area (Å²) in [5, 5.41) is 0. The van der Waals surface area contributed by atoms with E-state index in [4.69, 9.17) is 5.73 Å². The van der Waals surface area contributed by atoms with E-state index in [1.54, 1.807) is 0 Å². The van der Waals surface area contributed by atoms with Crippen LogP contribution in [0.5, 0.6) is 0 Å². The number of pyridine rings is 1. The molecular formula is C21H23F3N6. The van der Waals surface area contributed by atoms with Crippen LogP contribution in [0.15, 0.2) is 18.2 Å². The Morgan fingerprint density at radius 3 is 1.97 bits per heavy atom. The lowest BCUT2D eigenvalue weighted by molar-refractivity contribution is -0.141. The zero-order valence-corrected chi connectivity index (χ0v) is 16.4. The first-order valence-corrected chi connectivity index (χ1v) is 10.7. The average Bonchev–Trinajstić information content (AvgIpc) is 3.54. The first-order chi connectivity index (χ1) is 14.3. The van der Waals surface area contributed by atoms with Gasteiger partial charge in [-0.15, -0.1) is 0 Å². The van der Waals surface area contributed by atoms with Gasteiger partial charge in [-0.3, -0.25) is 0 Å². The van der Waals surface area contributed by atoms with Crippen molar-refractivity contribution in [1.29, 1.82) is 0 Å². The molecule has 0 amide bonds. The molecule has 4 aliphatic rings. The van der Waals surface area contributed by atoms with Gasteiger partial charge in [-0.1, -0.05) is 6.07 Å². The maximum absolute atomic E-state index is 13.1. The molecule has 2 aromatic heterocycles. The van der Waals surface area contributed by atoms with Gasteiger partial charge in [0.25, 0.3) is 0 Å². The zero-order valence-electron chi connectivity index (χ0n) is 16.4. The Morgan fingerprint density at radius 2 is 1.40 bits per heavy atom. The molecule has 2 N–H and O–H groups in total. The van der Waals surface area contributed by atoms with Crippen molar-refractivity contribution < 1.29 is 13.2 Å². The normalized spacial score (nSPS) is 33.8. The van der Waals surface area contributed by atoms with Crippen LogP contribution in [-0.4, -0.2) is 32.0 Å². The van der Waals surface area contributed by atoms with Gasteiger partial charge in [0.1, 0.15) is 11.4 Å². The number of alkyl halides is 3. The lowest BCUT2D eigenvalue weighted by Crippen LogP contribution is -2.43. The average molecular weight is 416 g/mol. The number of aromatic nitrogens is 4. The Balaban J connectivity index is 1.37. The molecule has 6 rings (SSSR count). The molecule has 4 unspecified atom stereocenters. The Kier molecular flexibility index (Phi) is 3.83. The molecule has 2 aromatic rings. The van der Waals surface area contributed by atoms with Gasteiger partial charge in [0.05, 0.1) is 0 Å². The summed E-state index contributed by atoms with van der Waals surface area (Å²) in [5.41, 5.74) is 5.08. The molecule has 2 heterocycles. The molecule has 0 spiro atoms. The lowest BCUT2D eigenvalue weighted by atomic mass is 10.0. The smallest absolute Gasteiger partial charge is 0.368 e. The second-order valence-corrected chi connectivity index (χ2v) is 9.39. The van der Waals surface area contributed by atoms with Crippen LogP contribution in [0.25, 0.3) is 11.5 Å². The van der Waals surface area contributed by atoms with E-state index in [9.17, 15) is 13.2 Å². The summed E-state index contributed by atoms with van der Waals surface area (Å²) in [6, 6.07) is 4.49. The molecule has 0 aliphatic heterocycles. The lowest BCUT2D eigenvalue weighted by Gasteiger charge is -2.36. The number of rotatable bonds is 4. The van der Waals surface area contributed by atoms with Crippen LogP contribution < -0.4 is 10.6 Å². The summed E-state index contributed by atoms with van der Waals surface area (Å²) in [5.74, 6) is 3.82. The van der Waals surface area contributed by atoms with Crippen molar-refractivity contribution >= 4 is 11.9 Å². The van der Waals surface area contributed by atoms with E-state index >= 15 is 0 Å². The van der Waals surface area contributed by atoms with Gasteiger partial charge < -0.3 is 10.6 Å². The largest absolute Gasteiger partial charge is 0.433 e. The fraction of sp³-hybridized carbons (Fsp3) is 0.619. The van der Waals surface area contributed by atoms with Crippen molar-refractivity contribution in [3.05, 3.63) is 23.9 Å². The minimum absolute atomic E-state index is 0.0190. The van der Waals surface area contributed by atoms with Gasteiger partial charge in [-0.05, 0) is 74.3 Å². The highest BCUT2D eigenvalue weighted by atomic mass is 19.4. The third-order valence-corrected chi connectivity index (χ3v) is 7.36. The third-order valence-electron chi connectivity index (χ3n) is 7.36. The van der Waals surface area contributed by atoms with E-state index in [0.29, 0.717) is 18.0 Å². The van der Waals surface area contributed by atoms with Gasteiger partial charge >= 0.3 is 6.18 Å². The van der Waals surface area contributed by atoms with E-state index in [2.05, 4.69) is 24.8 Å². The quantitative estimate of drug-likeness (QED) is 0.813. The van der Waals surface area contributed by atoms with Gasteiger partial charge in [-0.2, -0.15) is 28.1 Å². The standard InChI is InChI=1S/C21H23F3N6/c22-21(23,24)17-3-1-2-16(26-17)18-27-19(25)29-20(28-18)30(14-6-10-4-11(10)7-14)15-8-12-5-13(12)9-15/h1-3,10-15H,4-9H2,(H2,25,27,28,29). The van der Waals surface area contributed by atoms with Gasteiger partial charge in [0, 0.05) is 12.1 Å². The zero-order chi connectivity index (χ0) is 20.6. The Bertz CT molecular complexity index is 949. The molecule has 30 heavy (non-hydrogen) atoms. The predicted molar refractivity (Wildman–Crippen MR) is 104 cm³/mol. The fourth-order valence-corrected chi connectivity index (χ4v) is 5.77. The molecule has 4 fully saturated rings. The summed E-state index contributed by atoms with van der Waals surface area (Å²) in [6.07, 6.45) is 2.66. The summed E-state index contributed by atoms with van der Waals surface area (Å²) in [4.78, 5) is 19.2. The Hall–Kier alpha value is -2.45. The third kappa shape index (κ3) is 3.18. The SMILES string of the molecule is Nc1nc(-c2cccc(C(F)(F)F)n2)nc(N(C2CC3CC3C2)C2CC3CC3C2)n1. The van der Waals surface area contributed by atoms with Crippen molar-refractivity contribution in [2.45, 2.75) is 56.8 Å². The van der Waals surface area contributed by atoms with Crippen molar-refractivity contribution in [2.24, 2.45) is 23.7 Å². The molecule has 0 aromatic carbocycles. The topological polar surface area (TPSA) is 80.8 Å². The van der Waals surface area contributed by atoms with E-state index < -0.39 is 11.9 Å². The van der Waals surface area contributed by atoms with Crippen LogP contribution in [0.4, 0.5) is 25.1 Å². The first kappa shape index (κ1) is 18.3. The van der Waals surface area contributed by atoms with Crippen molar-refractivity contribution in [1.82, 2.24) is 19.9 Å². The van der Waals surface area contributed by atoms with Gasteiger partial charge in [0.15, 0.2) is 5.82 Å². The molecule has 158 valence electrons. The van der Waals surface area contributed by atoms with Crippen molar-refractivity contribution in [3.63, 3.8) is 0 Å². The number of fused-ring (bicyclic) bond motifs is 2. The molecule has 6 nitrogen and oxygen atoms in total. The monoisotopic (exact) mass is 416 g/mol. The van der Waals surface area contributed by atoms with Crippen LogP contribution in [0.2, 0.25) is 0 Å². The molecular weight excluding hydrogens is 393 g/mol. The van der Waals surface area contributed by atoms with Crippen molar-refractivity contribution in [2.75, 3.05) is 10.6 Å². The highest BCUT2D eigenvalue weighted by Crippen LogP contribution is 2.57. The number of halogens is 3. The van der Waals surface area contributed by atoms with E-state index in [1.807, 2.05) is 0 Å². The number of nitrogens with two attached hydrogens (primary N) is 1. The number of nitrogens with zero attached hydrogens (tertiary/aromatic N) is 5. The predicted octanol–water partition coefficient (Wildman–Crippen LogP) is 3.94. The second kappa shape index (κ2) is 6.28. The maximum Gasteiger partial charge on any atom is 0.433 e. The number of anilines is 2. The second-order valence-electron chi connectivity index (χ2n) is 9.39. The Labute approximate surface area is 172 Å². The number of hydrogen-bond donors (Lipinski definition) is 1. The fourth-order valence-electron chi connectivity index (χ4n) is 5.77. The van der Waals surface area contributed by atoms with Crippen molar-refractivity contribution in [3.8, 4) is 11.5 Å². The first-order valence-electron chi connectivity index (χ1n) is 10.7. The van der Waals surface area contributed by atoms with Crippen LogP contribution in [0.3, 0.4) is 0 Å². The molecule has 0 radical (unpaired) electrons. The van der Waals surface area contributed by atoms with E-state index in [0.717, 1.165) is 55.4 Å².